The van der Waals surface area contributed by atoms with Crippen LogP contribution in [0.3, 0.4) is 0 Å². The number of aryl methyl sites for hydroxylation is 1. The largest absolute Gasteiger partial charge is 0.355 e. The summed E-state index contributed by atoms with van der Waals surface area (Å²) in [5, 5.41) is 3.39. The molecule has 4 nitrogen and oxygen atoms in total. The van der Waals surface area contributed by atoms with E-state index in [2.05, 4.69) is 5.32 Å². The number of benzene rings is 2. The highest BCUT2D eigenvalue weighted by Crippen LogP contribution is 2.28. The molecule has 1 aliphatic rings. The molecule has 26 heavy (non-hydrogen) atoms. The minimum absolute atomic E-state index is 0.0980. The monoisotopic (exact) mass is 374 g/mol. The summed E-state index contributed by atoms with van der Waals surface area (Å²) in [4.78, 5) is 26.2. The van der Waals surface area contributed by atoms with Gasteiger partial charge in [-0.15, -0.1) is 0 Å². The third kappa shape index (κ3) is 4.05. The van der Waals surface area contributed by atoms with Gasteiger partial charge in [0.15, 0.2) is 0 Å². The highest BCUT2D eigenvalue weighted by molar-refractivity contribution is 6.31. The summed E-state index contributed by atoms with van der Waals surface area (Å²) in [5.74, 6) is -0.974. The maximum absolute atomic E-state index is 13.6. The van der Waals surface area contributed by atoms with Gasteiger partial charge in [-0.2, -0.15) is 0 Å². The van der Waals surface area contributed by atoms with Gasteiger partial charge in [0.2, 0.25) is 11.8 Å². The summed E-state index contributed by atoms with van der Waals surface area (Å²) in [6.45, 7) is 2.55. The lowest BCUT2D eigenvalue weighted by atomic mass is 10.1. The Morgan fingerprint density at radius 1 is 1.31 bits per heavy atom. The number of amides is 2. The van der Waals surface area contributed by atoms with E-state index in [-0.39, 0.29) is 24.1 Å². The third-order valence-electron chi connectivity index (χ3n) is 4.61. The number of hydrogen-bond acceptors (Lipinski definition) is 2. The quantitative estimate of drug-likeness (QED) is 0.870. The molecule has 0 aliphatic carbocycles. The van der Waals surface area contributed by atoms with Gasteiger partial charge < -0.3 is 10.2 Å². The van der Waals surface area contributed by atoms with Crippen LogP contribution in [0.25, 0.3) is 0 Å². The molecule has 0 aromatic heterocycles. The molecule has 0 saturated carbocycles. The lowest BCUT2D eigenvalue weighted by molar-refractivity contribution is -0.126. The second-order valence-electron chi connectivity index (χ2n) is 6.47. The Bertz CT molecular complexity index is 840. The first-order chi connectivity index (χ1) is 12.5. The van der Waals surface area contributed by atoms with Crippen molar-refractivity contribution < 1.29 is 14.0 Å². The molecule has 2 aromatic carbocycles. The molecular weight excluding hydrogens is 355 g/mol. The fraction of sp³-hybridized carbons (Fsp3) is 0.300. The number of carbonyl (C=O) groups excluding carboxylic acids is 2. The summed E-state index contributed by atoms with van der Waals surface area (Å²) >= 11 is 6.13. The number of nitrogens with zero attached hydrogens (tertiary/aromatic N) is 1. The standard InChI is InChI=1S/C20H20ClFN2O2/c1-13-6-7-16(11-17(13)21)24-12-15(10-19(24)25)20(26)23-9-8-14-4-2-3-5-18(14)22/h2-7,11,15H,8-10,12H2,1H3,(H,23,26). The van der Waals surface area contributed by atoms with Crippen LogP contribution < -0.4 is 10.2 Å². The van der Waals surface area contributed by atoms with Gasteiger partial charge in [-0.3, -0.25) is 9.59 Å². The smallest absolute Gasteiger partial charge is 0.227 e. The van der Waals surface area contributed by atoms with Gasteiger partial charge in [0.1, 0.15) is 5.82 Å². The Hall–Kier alpha value is -2.40. The van der Waals surface area contributed by atoms with E-state index in [9.17, 15) is 14.0 Å². The highest BCUT2D eigenvalue weighted by atomic mass is 35.5. The van der Waals surface area contributed by atoms with Gasteiger partial charge in [-0.05, 0) is 42.7 Å². The van der Waals surface area contributed by atoms with Gasteiger partial charge in [0, 0.05) is 30.2 Å². The number of carbonyl (C=O) groups is 2. The molecule has 1 aliphatic heterocycles. The van der Waals surface area contributed by atoms with Crippen molar-refractivity contribution >= 4 is 29.1 Å². The average molecular weight is 375 g/mol. The van der Waals surface area contributed by atoms with Gasteiger partial charge in [0.25, 0.3) is 0 Å². The molecule has 1 atom stereocenters. The van der Waals surface area contributed by atoms with E-state index in [1.54, 1.807) is 29.2 Å². The Morgan fingerprint density at radius 3 is 2.81 bits per heavy atom. The lowest BCUT2D eigenvalue weighted by Gasteiger charge is -2.17. The maximum Gasteiger partial charge on any atom is 0.227 e. The van der Waals surface area contributed by atoms with Crippen molar-refractivity contribution in [2.24, 2.45) is 5.92 Å². The molecule has 2 aromatic rings. The van der Waals surface area contributed by atoms with Gasteiger partial charge >= 0.3 is 0 Å². The molecule has 1 fully saturated rings. The predicted octanol–water partition coefficient (Wildman–Crippen LogP) is 3.50. The zero-order valence-corrected chi connectivity index (χ0v) is 15.2. The van der Waals surface area contributed by atoms with Crippen LogP contribution in [0.5, 0.6) is 0 Å². The van der Waals surface area contributed by atoms with Gasteiger partial charge in [0.05, 0.1) is 5.92 Å². The van der Waals surface area contributed by atoms with Crippen molar-refractivity contribution in [2.75, 3.05) is 18.0 Å². The molecular formula is C20H20ClFN2O2. The number of nitrogens with one attached hydrogen (secondary N) is 1. The van der Waals surface area contributed by atoms with Crippen LogP contribution in [0.15, 0.2) is 42.5 Å². The van der Waals surface area contributed by atoms with E-state index in [4.69, 9.17) is 11.6 Å². The van der Waals surface area contributed by atoms with Crippen molar-refractivity contribution in [1.29, 1.82) is 0 Å². The maximum atomic E-state index is 13.6. The van der Waals surface area contributed by atoms with E-state index in [0.29, 0.717) is 35.8 Å². The summed E-state index contributed by atoms with van der Waals surface area (Å²) < 4.78 is 13.6. The molecule has 1 unspecified atom stereocenters. The number of hydrogen-bond donors (Lipinski definition) is 1. The first kappa shape index (κ1) is 18.4. The van der Waals surface area contributed by atoms with E-state index in [1.807, 2.05) is 19.1 Å². The topological polar surface area (TPSA) is 49.4 Å². The molecule has 0 spiro atoms. The Labute approximate surface area is 157 Å². The normalized spacial score (nSPS) is 16.8. The van der Waals surface area contributed by atoms with E-state index < -0.39 is 5.92 Å². The predicted molar refractivity (Wildman–Crippen MR) is 99.8 cm³/mol. The number of anilines is 1. The first-order valence-corrected chi connectivity index (χ1v) is 8.91. The molecule has 1 N–H and O–H groups in total. The van der Waals surface area contributed by atoms with Crippen LogP contribution in [0.4, 0.5) is 10.1 Å². The lowest BCUT2D eigenvalue weighted by Crippen LogP contribution is -2.34. The van der Waals surface area contributed by atoms with E-state index in [1.165, 1.54) is 6.07 Å². The second kappa shape index (κ2) is 7.87. The third-order valence-corrected chi connectivity index (χ3v) is 5.02. The fourth-order valence-electron chi connectivity index (χ4n) is 3.05. The van der Waals surface area contributed by atoms with Crippen LogP contribution in [-0.2, 0) is 16.0 Å². The van der Waals surface area contributed by atoms with Crippen molar-refractivity contribution in [3.05, 3.63) is 64.4 Å². The molecule has 0 bridgehead atoms. The van der Waals surface area contributed by atoms with Crippen LogP contribution in [-0.4, -0.2) is 24.9 Å². The van der Waals surface area contributed by atoms with Gasteiger partial charge in [-0.1, -0.05) is 35.9 Å². The van der Waals surface area contributed by atoms with Crippen LogP contribution >= 0.6 is 11.6 Å². The van der Waals surface area contributed by atoms with Crippen molar-refractivity contribution in [3.63, 3.8) is 0 Å². The first-order valence-electron chi connectivity index (χ1n) is 8.53. The van der Waals surface area contributed by atoms with Crippen molar-refractivity contribution in [3.8, 4) is 0 Å². The minimum atomic E-state index is -0.414. The van der Waals surface area contributed by atoms with E-state index in [0.717, 1.165) is 5.56 Å². The summed E-state index contributed by atoms with van der Waals surface area (Å²) in [6.07, 6.45) is 0.577. The molecule has 136 valence electrons. The molecule has 3 rings (SSSR count). The summed E-state index contributed by atoms with van der Waals surface area (Å²) in [7, 11) is 0. The average Bonchev–Trinajstić information content (AvgIpc) is 3.01. The zero-order valence-electron chi connectivity index (χ0n) is 14.5. The second-order valence-corrected chi connectivity index (χ2v) is 6.88. The molecule has 2 amide bonds. The van der Waals surface area contributed by atoms with Crippen molar-refractivity contribution in [1.82, 2.24) is 5.32 Å². The van der Waals surface area contributed by atoms with Crippen LogP contribution in [0.2, 0.25) is 5.02 Å². The fourth-order valence-corrected chi connectivity index (χ4v) is 3.22. The molecule has 0 radical (unpaired) electrons. The van der Waals surface area contributed by atoms with Gasteiger partial charge in [-0.25, -0.2) is 4.39 Å². The van der Waals surface area contributed by atoms with Crippen molar-refractivity contribution in [2.45, 2.75) is 19.8 Å². The highest BCUT2D eigenvalue weighted by Gasteiger charge is 2.35. The SMILES string of the molecule is Cc1ccc(N2CC(C(=O)NCCc3ccccc3F)CC2=O)cc1Cl. The minimum Gasteiger partial charge on any atom is -0.355 e. The Morgan fingerprint density at radius 2 is 2.08 bits per heavy atom. The molecule has 1 saturated heterocycles. The Kier molecular flexibility index (Phi) is 5.57. The van der Waals surface area contributed by atoms with E-state index >= 15 is 0 Å². The molecule has 1 heterocycles. The van der Waals surface area contributed by atoms with Crippen LogP contribution in [0, 0.1) is 18.7 Å². The Balaban J connectivity index is 1.57. The molecule has 6 heteroatoms. The summed E-state index contributed by atoms with van der Waals surface area (Å²) in [5.41, 5.74) is 2.20. The number of halogens is 2. The zero-order chi connectivity index (χ0) is 18.7. The summed E-state index contributed by atoms with van der Waals surface area (Å²) in [6, 6.07) is 11.9. The number of rotatable bonds is 5. The van der Waals surface area contributed by atoms with Crippen LogP contribution in [0.1, 0.15) is 17.5 Å².